The van der Waals surface area contributed by atoms with Crippen LogP contribution >= 0.6 is 0 Å². The number of benzene rings is 1. The molecule has 2 atom stereocenters. The quantitative estimate of drug-likeness (QED) is 0.905. The van der Waals surface area contributed by atoms with E-state index in [-0.39, 0.29) is 23.8 Å². The van der Waals surface area contributed by atoms with E-state index in [1.807, 2.05) is 36.1 Å². The molecule has 1 N–H and O–H groups in total. The minimum atomic E-state index is -0.239. The first kappa shape index (κ1) is 15.5. The zero-order valence-electron chi connectivity index (χ0n) is 13.1. The van der Waals surface area contributed by atoms with Crippen LogP contribution in [0.5, 0.6) is 0 Å². The summed E-state index contributed by atoms with van der Waals surface area (Å²) in [5.41, 5.74) is 2.04. The lowest BCUT2D eigenvalue weighted by molar-refractivity contribution is -0.129. The Labute approximate surface area is 126 Å². The highest BCUT2D eigenvalue weighted by atomic mass is 16.2. The smallest absolute Gasteiger partial charge is 0.229 e. The number of carbonyl (C=O) groups is 2. The van der Waals surface area contributed by atoms with Gasteiger partial charge in [-0.15, -0.1) is 0 Å². The lowest BCUT2D eigenvalue weighted by Gasteiger charge is -2.23. The molecule has 2 amide bonds. The molecule has 1 fully saturated rings. The summed E-state index contributed by atoms with van der Waals surface area (Å²) in [7, 11) is 0. The second kappa shape index (κ2) is 6.74. The second-order valence-electron chi connectivity index (χ2n) is 5.74. The number of likely N-dealkylation sites (tertiary alicyclic amines) is 1. The Hall–Kier alpha value is -1.84. The van der Waals surface area contributed by atoms with Crippen molar-refractivity contribution in [2.75, 3.05) is 11.9 Å². The van der Waals surface area contributed by atoms with Crippen LogP contribution in [-0.2, 0) is 16.0 Å². The number of anilines is 1. The maximum Gasteiger partial charge on any atom is 0.229 e. The Kier molecular flexibility index (Phi) is 4.99. The van der Waals surface area contributed by atoms with E-state index in [0.717, 1.165) is 18.5 Å². The van der Waals surface area contributed by atoms with Gasteiger partial charge in [0, 0.05) is 24.7 Å². The third kappa shape index (κ3) is 3.63. The molecular weight excluding hydrogens is 264 g/mol. The highest BCUT2D eigenvalue weighted by molar-refractivity contribution is 5.97. The van der Waals surface area contributed by atoms with Crippen LogP contribution in [0.1, 0.15) is 39.2 Å². The van der Waals surface area contributed by atoms with Gasteiger partial charge in [0.2, 0.25) is 11.8 Å². The molecule has 1 saturated heterocycles. The van der Waals surface area contributed by atoms with Crippen LogP contribution in [-0.4, -0.2) is 29.3 Å². The zero-order chi connectivity index (χ0) is 15.4. The topological polar surface area (TPSA) is 49.4 Å². The van der Waals surface area contributed by atoms with Crippen molar-refractivity contribution >= 4 is 17.5 Å². The van der Waals surface area contributed by atoms with Crippen molar-refractivity contribution in [3.63, 3.8) is 0 Å². The molecule has 4 nitrogen and oxygen atoms in total. The van der Waals surface area contributed by atoms with Gasteiger partial charge in [0.05, 0.1) is 5.92 Å². The predicted molar refractivity (Wildman–Crippen MR) is 84.0 cm³/mol. The molecule has 1 heterocycles. The molecule has 1 aliphatic heterocycles. The summed E-state index contributed by atoms with van der Waals surface area (Å²) in [6.07, 6.45) is 2.22. The van der Waals surface area contributed by atoms with E-state index in [1.54, 1.807) is 0 Å². The molecule has 4 heteroatoms. The van der Waals surface area contributed by atoms with Gasteiger partial charge in [0.25, 0.3) is 0 Å². The van der Waals surface area contributed by atoms with E-state index in [9.17, 15) is 9.59 Å². The number of aryl methyl sites for hydroxylation is 1. The first-order valence-corrected chi connectivity index (χ1v) is 7.74. The predicted octanol–water partition coefficient (Wildman–Crippen LogP) is 2.83. The van der Waals surface area contributed by atoms with Gasteiger partial charge < -0.3 is 10.2 Å². The zero-order valence-corrected chi connectivity index (χ0v) is 13.1. The molecule has 1 aromatic rings. The number of nitrogens with zero attached hydrogens (tertiary/aromatic N) is 1. The monoisotopic (exact) mass is 288 g/mol. The molecule has 0 saturated carbocycles. The Bertz CT molecular complexity index is 510. The van der Waals surface area contributed by atoms with Crippen LogP contribution < -0.4 is 5.32 Å². The Morgan fingerprint density at radius 3 is 2.57 bits per heavy atom. The van der Waals surface area contributed by atoms with Gasteiger partial charge in [-0.25, -0.2) is 0 Å². The highest BCUT2D eigenvalue weighted by Gasteiger charge is 2.36. The molecule has 0 aromatic heterocycles. The van der Waals surface area contributed by atoms with E-state index >= 15 is 0 Å². The first-order chi connectivity index (χ1) is 10.0. The Morgan fingerprint density at radius 1 is 1.33 bits per heavy atom. The third-order valence-electron chi connectivity index (χ3n) is 4.28. The van der Waals surface area contributed by atoms with Crippen molar-refractivity contribution in [1.82, 2.24) is 4.90 Å². The average molecular weight is 288 g/mol. The van der Waals surface area contributed by atoms with Crippen LogP contribution in [0, 0.1) is 5.92 Å². The van der Waals surface area contributed by atoms with Crippen LogP contribution in [0.25, 0.3) is 0 Å². The van der Waals surface area contributed by atoms with Gasteiger partial charge in [0.1, 0.15) is 0 Å². The van der Waals surface area contributed by atoms with Gasteiger partial charge in [-0.1, -0.05) is 26.0 Å². The van der Waals surface area contributed by atoms with Crippen molar-refractivity contribution in [2.24, 2.45) is 5.92 Å². The van der Waals surface area contributed by atoms with Gasteiger partial charge >= 0.3 is 0 Å². The van der Waals surface area contributed by atoms with Crippen LogP contribution in [0.3, 0.4) is 0 Å². The number of hydrogen-bond acceptors (Lipinski definition) is 2. The fourth-order valence-corrected chi connectivity index (χ4v) is 2.62. The first-order valence-electron chi connectivity index (χ1n) is 7.74. The summed E-state index contributed by atoms with van der Waals surface area (Å²) in [5.74, 6) is -0.207. The summed E-state index contributed by atoms with van der Waals surface area (Å²) in [4.78, 5) is 26.1. The molecular formula is C17H24N2O2. The number of hydrogen-bond donors (Lipinski definition) is 1. The van der Waals surface area contributed by atoms with E-state index < -0.39 is 0 Å². The fourth-order valence-electron chi connectivity index (χ4n) is 2.62. The van der Waals surface area contributed by atoms with Gasteiger partial charge in [-0.05, 0) is 37.5 Å². The number of amides is 2. The maximum absolute atomic E-state index is 12.3. The third-order valence-corrected chi connectivity index (χ3v) is 4.28. The second-order valence-corrected chi connectivity index (χ2v) is 5.74. The molecule has 1 aromatic carbocycles. The normalized spacial score (nSPS) is 19.7. The standard InChI is InChI=1S/C17H24N2O2/c1-4-12(3)19-11-14(10-16(19)20)17(21)18-15-8-6-13(5-2)7-9-15/h6-9,12,14H,4-5,10-11H2,1-3H3,(H,18,21). The van der Waals surface area contributed by atoms with Crippen molar-refractivity contribution in [1.29, 1.82) is 0 Å². The SMILES string of the molecule is CCc1ccc(NC(=O)C2CC(=O)N(C(C)CC)C2)cc1. The highest BCUT2D eigenvalue weighted by Crippen LogP contribution is 2.23. The van der Waals surface area contributed by atoms with Crippen molar-refractivity contribution in [2.45, 2.75) is 46.1 Å². The summed E-state index contributed by atoms with van der Waals surface area (Å²) in [6, 6.07) is 8.07. The Balaban J connectivity index is 1.96. The van der Waals surface area contributed by atoms with E-state index in [1.165, 1.54) is 5.56 Å². The van der Waals surface area contributed by atoms with E-state index in [4.69, 9.17) is 0 Å². The van der Waals surface area contributed by atoms with Crippen LogP contribution in [0.15, 0.2) is 24.3 Å². The molecule has 0 radical (unpaired) electrons. The molecule has 114 valence electrons. The molecule has 0 spiro atoms. The van der Waals surface area contributed by atoms with Crippen molar-refractivity contribution in [3.8, 4) is 0 Å². The van der Waals surface area contributed by atoms with Crippen LogP contribution in [0.4, 0.5) is 5.69 Å². The largest absolute Gasteiger partial charge is 0.339 e. The molecule has 2 rings (SSSR count). The molecule has 0 bridgehead atoms. The maximum atomic E-state index is 12.3. The van der Waals surface area contributed by atoms with Crippen molar-refractivity contribution in [3.05, 3.63) is 29.8 Å². The molecule has 0 aliphatic carbocycles. The minimum Gasteiger partial charge on any atom is -0.339 e. The number of carbonyl (C=O) groups excluding carboxylic acids is 2. The number of nitrogens with one attached hydrogen (secondary N) is 1. The van der Waals surface area contributed by atoms with Crippen molar-refractivity contribution < 1.29 is 9.59 Å². The Morgan fingerprint density at radius 2 is 2.00 bits per heavy atom. The van der Waals surface area contributed by atoms with E-state index in [0.29, 0.717) is 13.0 Å². The van der Waals surface area contributed by atoms with Crippen LogP contribution in [0.2, 0.25) is 0 Å². The average Bonchev–Trinajstić information content (AvgIpc) is 2.89. The fraction of sp³-hybridized carbons (Fsp3) is 0.529. The molecule has 21 heavy (non-hydrogen) atoms. The summed E-state index contributed by atoms with van der Waals surface area (Å²) >= 11 is 0. The van der Waals surface area contributed by atoms with E-state index in [2.05, 4.69) is 19.2 Å². The lowest BCUT2D eigenvalue weighted by atomic mass is 10.1. The lowest BCUT2D eigenvalue weighted by Crippen LogP contribution is -2.35. The summed E-state index contributed by atoms with van der Waals surface area (Å²) < 4.78 is 0. The van der Waals surface area contributed by atoms with Gasteiger partial charge in [-0.3, -0.25) is 9.59 Å². The molecule has 1 aliphatic rings. The number of rotatable bonds is 5. The van der Waals surface area contributed by atoms with Gasteiger partial charge in [0.15, 0.2) is 0 Å². The summed E-state index contributed by atoms with van der Waals surface area (Å²) in [6.45, 7) is 6.72. The minimum absolute atomic E-state index is 0.0570. The van der Waals surface area contributed by atoms with Gasteiger partial charge in [-0.2, -0.15) is 0 Å². The molecule has 2 unspecified atom stereocenters. The summed E-state index contributed by atoms with van der Waals surface area (Å²) in [5, 5.41) is 2.92.